The summed E-state index contributed by atoms with van der Waals surface area (Å²) in [6.07, 6.45) is 3.60. The molecule has 0 saturated carbocycles. The van der Waals surface area contributed by atoms with Crippen molar-refractivity contribution in [2.45, 2.75) is 13.1 Å². The Hall–Kier alpha value is -2.82. The summed E-state index contributed by atoms with van der Waals surface area (Å²) < 4.78 is 3.59. The summed E-state index contributed by atoms with van der Waals surface area (Å²) in [7, 11) is 0. The fraction of sp³-hybridized carbons (Fsp3) is 0.125. The van der Waals surface area contributed by atoms with E-state index in [1.54, 1.807) is 35.0 Å². The van der Waals surface area contributed by atoms with Gasteiger partial charge in [0.2, 0.25) is 0 Å². The molecule has 0 bridgehead atoms. The van der Waals surface area contributed by atoms with Crippen molar-refractivity contribution in [1.82, 2.24) is 9.13 Å². The fourth-order valence-electron chi connectivity index (χ4n) is 2.47. The molecule has 0 amide bonds. The molecule has 1 aromatic carbocycles. The second-order valence-electron chi connectivity index (χ2n) is 4.78. The van der Waals surface area contributed by atoms with Gasteiger partial charge in [0, 0.05) is 42.5 Å². The summed E-state index contributed by atoms with van der Waals surface area (Å²) in [5, 5.41) is 9.90. The number of aromatic nitrogens is 2. The Morgan fingerprint density at radius 3 is 2.52 bits per heavy atom. The van der Waals surface area contributed by atoms with Gasteiger partial charge in [-0.25, -0.2) is 4.79 Å². The lowest BCUT2D eigenvalue weighted by Gasteiger charge is -2.08. The number of nitrogens with zero attached hydrogens (tertiary/aromatic N) is 2. The number of carboxylic acid groups (broad SMARTS) is 1. The summed E-state index contributed by atoms with van der Waals surface area (Å²) >= 11 is 0. The summed E-state index contributed by atoms with van der Waals surface area (Å²) in [5.41, 5.74) is 1.11. The summed E-state index contributed by atoms with van der Waals surface area (Å²) in [6.45, 7) is 1.15. The highest BCUT2D eigenvalue weighted by atomic mass is 16.4. The predicted octanol–water partition coefficient (Wildman–Crippen LogP) is 2.20. The number of benzene rings is 1. The minimum atomic E-state index is -0.933. The monoisotopic (exact) mass is 282 g/mol. The number of aryl methyl sites for hydroxylation is 2. The van der Waals surface area contributed by atoms with Crippen molar-refractivity contribution < 1.29 is 9.90 Å². The van der Waals surface area contributed by atoms with E-state index >= 15 is 0 Å². The number of hydrogen-bond donors (Lipinski definition) is 1. The lowest BCUT2D eigenvalue weighted by Crippen LogP contribution is -2.20. The van der Waals surface area contributed by atoms with Crippen molar-refractivity contribution in [3.63, 3.8) is 0 Å². The van der Waals surface area contributed by atoms with Crippen LogP contribution in [-0.4, -0.2) is 20.2 Å². The van der Waals surface area contributed by atoms with E-state index in [-0.39, 0.29) is 5.56 Å². The first-order valence-electron chi connectivity index (χ1n) is 6.63. The molecule has 3 rings (SSSR count). The molecule has 5 heteroatoms. The average Bonchev–Trinajstić information content (AvgIpc) is 2.89. The van der Waals surface area contributed by atoms with Crippen molar-refractivity contribution >= 4 is 16.9 Å². The molecule has 3 aromatic rings. The van der Waals surface area contributed by atoms with Crippen LogP contribution < -0.4 is 5.56 Å². The van der Waals surface area contributed by atoms with Crippen LogP contribution in [0.15, 0.2) is 59.7 Å². The number of carboxylic acids is 1. The van der Waals surface area contributed by atoms with Crippen LogP contribution in [0.2, 0.25) is 0 Å². The smallest absolute Gasteiger partial charge is 0.336 e. The Kier molecular flexibility index (Phi) is 3.31. The van der Waals surface area contributed by atoms with E-state index in [4.69, 9.17) is 0 Å². The van der Waals surface area contributed by atoms with Crippen molar-refractivity contribution in [2.75, 3.05) is 0 Å². The molecule has 0 aliphatic heterocycles. The number of rotatable bonds is 4. The molecule has 106 valence electrons. The largest absolute Gasteiger partial charge is 0.478 e. The van der Waals surface area contributed by atoms with Crippen LogP contribution in [0.3, 0.4) is 0 Å². The first-order valence-corrected chi connectivity index (χ1v) is 6.63. The molecule has 0 unspecified atom stereocenters. The highest BCUT2D eigenvalue weighted by Gasteiger charge is 2.10. The topological polar surface area (TPSA) is 64.2 Å². The number of fused-ring (bicyclic) bond motifs is 1. The van der Waals surface area contributed by atoms with Crippen LogP contribution in [0.5, 0.6) is 0 Å². The molecule has 0 atom stereocenters. The molecule has 0 radical (unpaired) electrons. The summed E-state index contributed by atoms with van der Waals surface area (Å²) in [6, 6.07) is 12.1. The maximum Gasteiger partial charge on any atom is 0.336 e. The van der Waals surface area contributed by atoms with Gasteiger partial charge in [0.1, 0.15) is 0 Å². The van der Waals surface area contributed by atoms with Crippen molar-refractivity contribution in [3.8, 4) is 0 Å². The molecule has 2 heterocycles. The van der Waals surface area contributed by atoms with Crippen molar-refractivity contribution in [2.24, 2.45) is 0 Å². The van der Waals surface area contributed by atoms with Crippen LogP contribution in [-0.2, 0) is 13.1 Å². The van der Waals surface area contributed by atoms with Crippen molar-refractivity contribution in [3.05, 3.63) is 70.8 Å². The number of carbonyl (C=O) groups is 1. The third-order valence-electron chi connectivity index (χ3n) is 3.52. The number of aromatic carboxylic acids is 1. The zero-order valence-electron chi connectivity index (χ0n) is 11.3. The Balaban J connectivity index is 1.92. The second-order valence-corrected chi connectivity index (χ2v) is 4.78. The molecule has 2 aromatic heterocycles. The molecule has 0 aliphatic carbocycles. The Labute approximate surface area is 120 Å². The van der Waals surface area contributed by atoms with Gasteiger partial charge in [-0.15, -0.1) is 0 Å². The third-order valence-corrected chi connectivity index (χ3v) is 3.52. The Morgan fingerprint density at radius 2 is 1.76 bits per heavy atom. The van der Waals surface area contributed by atoms with Crippen LogP contribution in [0.4, 0.5) is 0 Å². The normalized spacial score (nSPS) is 10.9. The lowest BCUT2D eigenvalue weighted by atomic mass is 10.1. The standard InChI is InChI=1S/C16H14N2O3/c19-15-6-1-2-8-18(15)11-10-17-9-7-12-13(16(20)21)4-3-5-14(12)17/h1-9H,10-11H2,(H,20,21). The number of pyridine rings is 1. The predicted molar refractivity (Wildman–Crippen MR) is 79.6 cm³/mol. The fourth-order valence-corrected chi connectivity index (χ4v) is 2.47. The van der Waals surface area contributed by atoms with E-state index in [1.165, 1.54) is 6.07 Å². The molecule has 5 nitrogen and oxygen atoms in total. The average molecular weight is 282 g/mol. The first-order chi connectivity index (χ1) is 10.2. The SMILES string of the molecule is O=C(O)c1cccc2c1ccn2CCn1ccccc1=O. The Bertz CT molecular complexity index is 861. The van der Waals surface area contributed by atoms with E-state index < -0.39 is 5.97 Å². The van der Waals surface area contributed by atoms with E-state index in [9.17, 15) is 14.7 Å². The molecular formula is C16H14N2O3. The molecule has 0 aliphatic rings. The maximum absolute atomic E-state index is 11.7. The summed E-state index contributed by atoms with van der Waals surface area (Å²) in [4.78, 5) is 22.9. The third kappa shape index (κ3) is 2.45. The van der Waals surface area contributed by atoms with Gasteiger partial charge >= 0.3 is 5.97 Å². The van der Waals surface area contributed by atoms with Gasteiger partial charge < -0.3 is 14.2 Å². The molecule has 0 saturated heterocycles. The van der Waals surface area contributed by atoms with Gasteiger partial charge in [-0.1, -0.05) is 12.1 Å². The number of hydrogen-bond acceptors (Lipinski definition) is 2. The van der Waals surface area contributed by atoms with Gasteiger partial charge in [-0.2, -0.15) is 0 Å². The zero-order chi connectivity index (χ0) is 14.8. The second kappa shape index (κ2) is 5.28. The van der Waals surface area contributed by atoms with Crippen LogP contribution >= 0.6 is 0 Å². The van der Waals surface area contributed by atoms with Crippen LogP contribution in [0.1, 0.15) is 10.4 Å². The lowest BCUT2D eigenvalue weighted by molar-refractivity contribution is 0.0699. The van der Waals surface area contributed by atoms with Crippen molar-refractivity contribution in [1.29, 1.82) is 0 Å². The van der Waals surface area contributed by atoms with E-state index in [1.807, 2.05) is 22.9 Å². The van der Waals surface area contributed by atoms with Gasteiger partial charge in [0.05, 0.1) is 5.56 Å². The minimum absolute atomic E-state index is 0.0415. The summed E-state index contributed by atoms with van der Waals surface area (Å²) in [5.74, 6) is -0.933. The quantitative estimate of drug-likeness (QED) is 0.798. The van der Waals surface area contributed by atoms with Crippen LogP contribution in [0, 0.1) is 0 Å². The molecule has 0 fully saturated rings. The molecule has 21 heavy (non-hydrogen) atoms. The highest BCUT2D eigenvalue weighted by molar-refractivity contribution is 6.02. The van der Waals surface area contributed by atoms with Gasteiger partial charge in [-0.05, 0) is 24.3 Å². The first kappa shape index (κ1) is 13.2. The van der Waals surface area contributed by atoms with Gasteiger partial charge in [-0.3, -0.25) is 4.79 Å². The minimum Gasteiger partial charge on any atom is -0.478 e. The van der Waals surface area contributed by atoms with Gasteiger partial charge in [0.15, 0.2) is 0 Å². The van der Waals surface area contributed by atoms with Crippen LogP contribution in [0.25, 0.3) is 10.9 Å². The molecule has 0 spiro atoms. The Morgan fingerprint density at radius 1 is 0.952 bits per heavy atom. The molecule has 1 N–H and O–H groups in total. The van der Waals surface area contributed by atoms with E-state index in [2.05, 4.69) is 0 Å². The maximum atomic E-state index is 11.7. The molecular weight excluding hydrogens is 268 g/mol. The van der Waals surface area contributed by atoms with E-state index in [0.29, 0.717) is 24.0 Å². The van der Waals surface area contributed by atoms with E-state index in [0.717, 1.165) is 5.52 Å². The van der Waals surface area contributed by atoms with Gasteiger partial charge in [0.25, 0.3) is 5.56 Å². The zero-order valence-corrected chi connectivity index (χ0v) is 11.3. The highest BCUT2D eigenvalue weighted by Crippen LogP contribution is 2.20.